The van der Waals surface area contributed by atoms with Crippen molar-refractivity contribution in [2.24, 2.45) is 5.73 Å². The van der Waals surface area contributed by atoms with Gasteiger partial charge in [-0.25, -0.2) is 0 Å². The fourth-order valence-corrected chi connectivity index (χ4v) is 1.63. The number of hydrogen-bond acceptors (Lipinski definition) is 4. The van der Waals surface area contributed by atoms with E-state index in [2.05, 4.69) is 0 Å². The van der Waals surface area contributed by atoms with Crippen LogP contribution in [0.2, 0.25) is 0 Å². The van der Waals surface area contributed by atoms with Crippen LogP contribution in [-0.2, 0) is 6.61 Å². The summed E-state index contributed by atoms with van der Waals surface area (Å²) in [5, 5.41) is 0. The van der Waals surface area contributed by atoms with E-state index in [1.54, 1.807) is 6.92 Å². The highest BCUT2D eigenvalue weighted by Crippen LogP contribution is 2.16. The van der Waals surface area contributed by atoms with Crippen LogP contribution in [0.4, 0.5) is 0 Å². The smallest absolute Gasteiger partial charge is 0.288 e. The molecule has 0 aliphatic heterocycles. The van der Waals surface area contributed by atoms with E-state index in [4.69, 9.17) is 14.9 Å². The zero-order valence-corrected chi connectivity index (χ0v) is 10.4. The molecule has 98 valence electrons. The monoisotopic (exact) mass is 259 g/mol. The zero-order chi connectivity index (χ0) is 13.8. The minimum absolute atomic E-state index is 0.151. The molecule has 2 N–H and O–H groups in total. The molecule has 1 aromatic heterocycles. The lowest BCUT2D eigenvalue weighted by Crippen LogP contribution is -2.18. The normalized spacial score (nSPS) is 10.2. The van der Waals surface area contributed by atoms with Crippen LogP contribution >= 0.6 is 0 Å². The van der Waals surface area contributed by atoms with Gasteiger partial charge in [0.25, 0.3) is 5.91 Å². The van der Waals surface area contributed by atoms with Crippen molar-refractivity contribution in [1.29, 1.82) is 0 Å². The maximum Gasteiger partial charge on any atom is 0.288 e. The van der Waals surface area contributed by atoms with E-state index in [0.717, 1.165) is 5.56 Å². The molecular weight excluding hydrogens is 246 g/mol. The molecule has 19 heavy (non-hydrogen) atoms. The first-order chi connectivity index (χ1) is 9.08. The Morgan fingerprint density at radius 3 is 2.63 bits per heavy atom. The number of carbonyl (C=O) groups excluding carboxylic acids is 1. The molecule has 0 saturated carbocycles. The Labute approximate surface area is 109 Å². The Hall–Kier alpha value is -2.56. The van der Waals surface area contributed by atoms with Gasteiger partial charge >= 0.3 is 0 Å². The van der Waals surface area contributed by atoms with Gasteiger partial charge in [-0.2, -0.15) is 0 Å². The fraction of sp³-hybridized carbons (Fsp3) is 0.143. The van der Waals surface area contributed by atoms with Crippen molar-refractivity contribution in [3.05, 3.63) is 63.7 Å². The van der Waals surface area contributed by atoms with Crippen LogP contribution in [0, 0.1) is 6.92 Å². The van der Waals surface area contributed by atoms with Gasteiger partial charge in [-0.1, -0.05) is 30.3 Å². The van der Waals surface area contributed by atoms with Gasteiger partial charge in [-0.15, -0.1) is 0 Å². The van der Waals surface area contributed by atoms with Gasteiger partial charge in [0.05, 0.1) is 0 Å². The Balaban J connectivity index is 2.30. The summed E-state index contributed by atoms with van der Waals surface area (Å²) < 4.78 is 10.5. The molecule has 5 heteroatoms. The van der Waals surface area contributed by atoms with Gasteiger partial charge in [-0.3, -0.25) is 9.59 Å². The largest absolute Gasteiger partial charge is 0.481 e. The van der Waals surface area contributed by atoms with Gasteiger partial charge in [0.15, 0.2) is 0 Å². The van der Waals surface area contributed by atoms with Crippen LogP contribution in [0.25, 0.3) is 0 Å². The first-order valence-corrected chi connectivity index (χ1v) is 5.69. The van der Waals surface area contributed by atoms with Crippen molar-refractivity contribution in [2.75, 3.05) is 0 Å². The van der Waals surface area contributed by atoms with E-state index in [-0.39, 0.29) is 18.1 Å². The van der Waals surface area contributed by atoms with E-state index >= 15 is 0 Å². The van der Waals surface area contributed by atoms with Crippen LogP contribution in [0.1, 0.15) is 21.9 Å². The highest BCUT2D eigenvalue weighted by atomic mass is 16.5. The van der Waals surface area contributed by atoms with E-state index in [9.17, 15) is 9.59 Å². The van der Waals surface area contributed by atoms with Gasteiger partial charge < -0.3 is 14.9 Å². The number of hydrogen-bond donors (Lipinski definition) is 1. The number of ether oxygens (including phenoxy) is 1. The Morgan fingerprint density at radius 1 is 1.32 bits per heavy atom. The molecule has 2 rings (SSSR count). The fourth-order valence-electron chi connectivity index (χ4n) is 1.63. The maximum absolute atomic E-state index is 11.8. The number of benzene rings is 1. The summed E-state index contributed by atoms with van der Waals surface area (Å²) >= 11 is 0. The van der Waals surface area contributed by atoms with E-state index < -0.39 is 11.3 Å². The average Bonchev–Trinajstić information content (AvgIpc) is 2.38. The van der Waals surface area contributed by atoms with Crippen LogP contribution < -0.4 is 15.9 Å². The summed E-state index contributed by atoms with van der Waals surface area (Å²) in [5.41, 5.74) is 5.62. The Morgan fingerprint density at radius 2 is 2.00 bits per heavy atom. The second-order valence-corrected chi connectivity index (χ2v) is 4.02. The van der Waals surface area contributed by atoms with Crippen LogP contribution in [0.15, 0.2) is 45.6 Å². The lowest BCUT2D eigenvalue weighted by molar-refractivity contribution is 0.0961. The SMILES string of the molecule is Cc1cc(=O)c(OCc2ccccc2)c(C(N)=O)o1. The zero-order valence-electron chi connectivity index (χ0n) is 10.4. The van der Waals surface area contributed by atoms with Gasteiger partial charge in [0, 0.05) is 6.07 Å². The maximum atomic E-state index is 11.8. The number of primary amides is 1. The van der Waals surface area contributed by atoms with Crippen molar-refractivity contribution in [1.82, 2.24) is 0 Å². The summed E-state index contributed by atoms with van der Waals surface area (Å²) in [5.74, 6) is -0.919. The summed E-state index contributed by atoms with van der Waals surface area (Å²) in [4.78, 5) is 23.0. The molecule has 5 nitrogen and oxygen atoms in total. The average molecular weight is 259 g/mol. The number of rotatable bonds is 4. The van der Waals surface area contributed by atoms with Gasteiger partial charge in [0.2, 0.25) is 16.9 Å². The van der Waals surface area contributed by atoms with E-state index in [1.165, 1.54) is 6.07 Å². The van der Waals surface area contributed by atoms with Gasteiger partial charge in [-0.05, 0) is 12.5 Å². The minimum Gasteiger partial charge on any atom is -0.481 e. The molecule has 0 aliphatic carbocycles. The Kier molecular flexibility index (Phi) is 3.66. The van der Waals surface area contributed by atoms with Crippen LogP contribution in [-0.4, -0.2) is 5.91 Å². The van der Waals surface area contributed by atoms with E-state index in [0.29, 0.717) is 5.76 Å². The number of aryl methyl sites for hydroxylation is 1. The molecule has 0 bridgehead atoms. The highest BCUT2D eigenvalue weighted by molar-refractivity contribution is 5.92. The molecule has 0 radical (unpaired) electrons. The molecule has 0 aliphatic rings. The number of carbonyl (C=O) groups is 1. The molecule has 0 fully saturated rings. The lowest BCUT2D eigenvalue weighted by Gasteiger charge is -2.08. The molecular formula is C14H13NO4. The third kappa shape index (κ3) is 3.01. The molecule has 2 aromatic rings. The molecule has 1 amide bonds. The van der Waals surface area contributed by atoms with Crippen molar-refractivity contribution >= 4 is 5.91 Å². The van der Waals surface area contributed by atoms with Crippen LogP contribution in [0.5, 0.6) is 5.75 Å². The minimum atomic E-state index is -0.830. The Bertz CT molecular complexity index is 646. The number of nitrogens with two attached hydrogens (primary N) is 1. The third-order valence-corrected chi connectivity index (χ3v) is 2.48. The second-order valence-electron chi connectivity index (χ2n) is 4.02. The number of amides is 1. The lowest BCUT2D eigenvalue weighted by atomic mass is 10.2. The van der Waals surface area contributed by atoms with Crippen molar-refractivity contribution in [3.8, 4) is 5.75 Å². The third-order valence-electron chi connectivity index (χ3n) is 2.48. The van der Waals surface area contributed by atoms with Crippen molar-refractivity contribution < 1.29 is 13.9 Å². The molecule has 0 atom stereocenters. The topological polar surface area (TPSA) is 82.5 Å². The molecule has 1 heterocycles. The quantitative estimate of drug-likeness (QED) is 0.904. The van der Waals surface area contributed by atoms with Crippen LogP contribution in [0.3, 0.4) is 0 Å². The summed E-state index contributed by atoms with van der Waals surface area (Å²) in [6.07, 6.45) is 0. The molecule has 0 saturated heterocycles. The molecule has 0 unspecified atom stereocenters. The molecule has 0 spiro atoms. The van der Waals surface area contributed by atoms with Crippen molar-refractivity contribution in [3.63, 3.8) is 0 Å². The highest BCUT2D eigenvalue weighted by Gasteiger charge is 2.17. The summed E-state index contributed by atoms with van der Waals surface area (Å²) in [6, 6.07) is 10.5. The first kappa shape index (κ1) is 12.9. The molecule has 1 aromatic carbocycles. The van der Waals surface area contributed by atoms with E-state index in [1.807, 2.05) is 30.3 Å². The predicted octanol–water partition coefficient (Wildman–Crippen LogP) is 1.63. The summed E-state index contributed by atoms with van der Waals surface area (Å²) in [6.45, 7) is 1.73. The van der Waals surface area contributed by atoms with Crippen molar-refractivity contribution in [2.45, 2.75) is 13.5 Å². The predicted molar refractivity (Wildman–Crippen MR) is 69.0 cm³/mol. The second kappa shape index (κ2) is 5.39. The summed E-state index contributed by atoms with van der Waals surface area (Å²) in [7, 11) is 0. The van der Waals surface area contributed by atoms with Gasteiger partial charge in [0.1, 0.15) is 12.4 Å². The standard InChI is InChI=1S/C14H13NO4/c1-9-7-11(16)12(13(19-9)14(15)17)18-8-10-5-3-2-4-6-10/h2-7H,8H2,1H3,(H2,15,17). The first-order valence-electron chi connectivity index (χ1n) is 5.69.